The lowest BCUT2D eigenvalue weighted by Crippen LogP contribution is -2.51. The summed E-state index contributed by atoms with van der Waals surface area (Å²) in [6.07, 6.45) is -1.70. The third kappa shape index (κ3) is 5.40. The number of aromatic hydroxyl groups is 1. The van der Waals surface area contributed by atoms with E-state index in [9.17, 15) is 23.1 Å². The van der Waals surface area contributed by atoms with Gasteiger partial charge in [0.05, 0.1) is 18.8 Å². The largest absolute Gasteiger partial charge is 0.508 e. The number of alkyl halides is 3. The fourth-order valence-corrected chi connectivity index (χ4v) is 3.36. The number of morpholine rings is 1. The average molecular weight is 440 g/mol. The molecule has 12 heteroatoms. The number of benzene rings is 1. The summed E-state index contributed by atoms with van der Waals surface area (Å²) < 4.78 is 37.6. The maximum Gasteiger partial charge on any atom is 0.490 e. The van der Waals surface area contributed by atoms with Crippen LogP contribution in [0.25, 0.3) is 0 Å². The van der Waals surface area contributed by atoms with Gasteiger partial charge in [0.15, 0.2) is 0 Å². The van der Waals surface area contributed by atoms with Gasteiger partial charge in [-0.05, 0) is 24.3 Å². The number of halogens is 3. The van der Waals surface area contributed by atoms with E-state index in [-0.39, 0.29) is 23.8 Å². The van der Waals surface area contributed by atoms with E-state index in [0.29, 0.717) is 37.8 Å². The fraction of sp³-hybridized carbons (Fsp3) is 0.368. The number of anilines is 1. The fourth-order valence-electron chi connectivity index (χ4n) is 3.36. The first-order valence-electron chi connectivity index (χ1n) is 9.20. The lowest BCUT2D eigenvalue weighted by molar-refractivity contribution is -0.192. The molecule has 2 atom stereocenters. The summed E-state index contributed by atoms with van der Waals surface area (Å²) in [7, 11) is 0. The zero-order valence-corrected chi connectivity index (χ0v) is 16.1. The smallest absolute Gasteiger partial charge is 0.490 e. The van der Waals surface area contributed by atoms with Gasteiger partial charge in [-0.2, -0.15) is 13.2 Å². The standard InChI is InChI=1S/C17H18N4O3.C2HF3O2/c22-13-4-1-3-12(9-13)16(23)20-10-14-15(11-20)24-8-7-21(14)17-18-5-2-6-19-17;3-2(4,5)1(6)7/h1-6,9,14-15,22H,7-8,10-11H2;(H,6,7)/t14-,15+;/m1./s1. The Balaban J connectivity index is 0.000000339. The lowest BCUT2D eigenvalue weighted by atomic mass is 10.1. The van der Waals surface area contributed by atoms with Gasteiger partial charge >= 0.3 is 12.1 Å². The lowest BCUT2D eigenvalue weighted by Gasteiger charge is -2.36. The number of amides is 1. The maximum absolute atomic E-state index is 12.7. The van der Waals surface area contributed by atoms with E-state index in [1.165, 1.54) is 6.07 Å². The molecule has 3 heterocycles. The van der Waals surface area contributed by atoms with Crippen molar-refractivity contribution < 1.29 is 37.7 Å². The molecule has 2 aliphatic heterocycles. The van der Waals surface area contributed by atoms with Crippen molar-refractivity contribution in [3.8, 4) is 5.75 Å². The van der Waals surface area contributed by atoms with Gasteiger partial charge in [0.1, 0.15) is 5.75 Å². The second-order valence-electron chi connectivity index (χ2n) is 6.78. The van der Waals surface area contributed by atoms with Crippen molar-refractivity contribution in [1.29, 1.82) is 0 Å². The minimum Gasteiger partial charge on any atom is -0.508 e. The number of carbonyl (C=O) groups is 2. The summed E-state index contributed by atoms with van der Waals surface area (Å²) in [6, 6.07) is 8.26. The van der Waals surface area contributed by atoms with Crippen LogP contribution in [0.4, 0.5) is 19.1 Å². The van der Waals surface area contributed by atoms with Crippen molar-refractivity contribution in [2.75, 3.05) is 31.1 Å². The Hall–Kier alpha value is -3.41. The van der Waals surface area contributed by atoms with Gasteiger partial charge in [-0.15, -0.1) is 0 Å². The highest BCUT2D eigenvalue weighted by Crippen LogP contribution is 2.27. The molecule has 31 heavy (non-hydrogen) atoms. The van der Waals surface area contributed by atoms with Crippen LogP contribution in [0.2, 0.25) is 0 Å². The quantitative estimate of drug-likeness (QED) is 0.723. The number of ether oxygens (including phenoxy) is 1. The van der Waals surface area contributed by atoms with Gasteiger partial charge in [0, 0.05) is 37.6 Å². The molecule has 0 aliphatic carbocycles. The number of hydrogen-bond acceptors (Lipinski definition) is 7. The molecule has 1 aromatic carbocycles. The molecule has 1 amide bonds. The van der Waals surface area contributed by atoms with Crippen molar-refractivity contribution in [2.45, 2.75) is 18.3 Å². The highest BCUT2D eigenvalue weighted by molar-refractivity contribution is 5.95. The Bertz CT molecular complexity index is 928. The van der Waals surface area contributed by atoms with Crippen molar-refractivity contribution in [1.82, 2.24) is 14.9 Å². The topological polar surface area (TPSA) is 116 Å². The predicted molar refractivity (Wildman–Crippen MR) is 101 cm³/mol. The first-order chi connectivity index (χ1) is 14.7. The number of carbonyl (C=O) groups excluding carboxylic acids is 1. The summed E-state index contributed by atoms with van der Waals surface area (Å²) in [5.41, 5.74) is 0.483. The number of nitrogens with zero attached hydrogens (tertiary/aromatic N) is 4. The predicted octanol–water partition coefficient (Wildman–Crippen LogP) is 1.55. The van der Waals surface area contributed by atoms with Crippen LogP contribution in [0.3, 0.4) is 0 Å². The van der Waals surface area contributed by atoms with E-state index in [1.54, 1.807) is 41.6 Å². The number of phenolic OH excluding ortho intramolecular Hbond substituents is 1. The van der Waals surface area contributed by atoms with Crippen LogP contribution < -0.4 is 4.90 Å². The Labute approximate surface area is 174 Å². The SMILES string of the molecule is O=C(O)C(F)(F)F.O=C(c1cccc(O)c1)N1C[C@@H]2OCCN(c3ncccn3)[C@@H]2C1. The summed E-state index contributed by atoms with van der Waals surface area (Å²) in [5.74, 6) is -2.10. The number of carboxylic acid groups (broad SMARTS) is 1. The minimum atomic E-state index is -5.08. The molecule has 4 rings (SSSR count). The Morgan fingerprint density at radius 3 is 2.42 bits per heavy atom. The van der Waals surface area contributed by atoms with Crippen molar-refractivity contribution in [3.63, 3.8) is 0 Å². The number of phenols is 1. The number of rotatable bonds is 2. The second-order valence-corrected chi connectivity index (χ2v) is 6.78. The zero-order valence-electron chi connectivity index (χ0n) is 16.1. The number of aromatic nitrogens is 2. The molecule has 9 nitrogen and oxygen atoms in total. The van der Waals surface area contributed by atoms with E-state index in [4.69, 9.17) is 14.6 Å². The normalized spacial score (nSPS) is 20.5. The average Bonchev–Trinajstić information content (AvgIpc) is 3.18. The maximum atomic E-state index is 12.7. The number of hydrogen-bond donors (Lipinski definition) is 2. The van der Waals surface area contributed by atoms with Crippen LogP contribution in [-0.2, 0) is 9.53 Å². The van der Waals surface area contributed by atoms with Gasteiger partial charge < -0.3 is 24.7 Å². The molecule has 166 valence electrons. The van der Waals surface area contributed by atoms with E-state index >= 15 is 0 Å². The van der Waals surface area contributed by atoms with Gasteiger partial charge in [-0.3, -0.25) is 4.79 Å². The van der Waals surface area contributed by atoms with Gasteiger partial charge in [0.2, 0.25) is 5.95 Å². The monoisotopic (exact) mass is 440 g/mol. The summed E-state index contributed by atoms with van der Waals surface area (Å²) in [5, 5.41) is 16.7. The third-order valence-corrected chi connectivity index (χ3v) is 4.73. The van der Waals surface area contributed by atoms with Crippen LogP contribution in [0.1, 0.15) is 10.4 Å². The van der Waals surface area contributed by atoms with Gasteiger partial charge in [-0.1, -0.05) is 6.07 Å². The first-order valence-corrected chi connectivity index (χ1v) is 9.20. The van der Waals surface area contributed by atoms with E-state index in [0.717, 1.165) is 0 Å². The van der Waals surface area contributed by atoms with Crippen molar-refractivity contribution >= 4 is 17.8 Å². The molecule has 1 aromatic heterocycles. The molecule has 2 saturated heterocycles. The molecule has 2 N–H and O–H groups in total. The van der Waals surface area contributed by atoms with Crippen LogP contribution in [0.5, 0.6) is 5.75 Å². The Morgan fingerprint density at radius 2 is 1.81 bits per heavy atom. The molecule has 0 bridgehead atoms. The van der Waals surface area contributed by atoms with Crippen LogP contribution in [-0.4, -0.2) is 81.5 Å². The second kappa shape index (κ2) is 9.16. The van der Waals surface area contributed by atoms with Gasteiger partial charge in [-0.25, -0.2) is 14.8 Å². The van der Waals surface area contributed by atoms with E-state index in [1.807, 2.05) is 0 Å². The highest BCUT2D eigenvalue weighted by atomic mass is 19.4. The molecule has 2 aromatic rings. The summed E-state index contributed by atoms with van der Waals surface area (Å²) in [6.45, 7) is 2.38. The number of aliphatic carboxylic acids is 1. The van der Waals surface area contributed by atoms with E-state index in [2.05, 4.69) is 14.9 Å². The molecular formula is C19H19F3N4O5. The van der Waals surface area contributed by atoms with Crippen molar-refractivity contribution in [2.24, 2.45) is 0 Å². The number of fused-ring (bicyclic) bond motifs is 1. The van der Waals surface area contributed by atoms with Crippen LogP contribution >= 0.6 is 0 Å². The molecule has 0 radical (unpaired) electrons. The molecule has 0 unspecified atom stereocenters. The summed E-state index contributed by atoms with van der Waals surface area (Å²) >= 11 is 0. The molecule has 2 aliphatic rings. The molecule has 2 fully saturated rings. The van der Waals surface area contributed by atoms with Gasteiger partial charge in [0.25, 0.3) is 5.91 Å². The molecule has 0 spiro atoms. The highest BCUT2D eigenvalue weighted by Gasteiger charge is 2.43. The number of likely N-dealkylation sites (tertiary alicyclic amines) is 1. The molecular weight excluding hydrogens is 421 g/mol. The first kappa shape index (κ1) is 22.3. The summed E-state index contributed by atoms with van der Waals surface area (Å²) in [4.78, 5) is 34.1. The van der Waals surface area contributed by atoms with Crippen LogP contribution in [0.15, 0.2) is 42.7 Å². The minimum absolute atomic E-state index is 0.0439. The number of carboxylic acids is 1. The van der Waals surface area contributed by atoms with Crippen LogP contribution in [0, 0.1) is 0 Å². The Morgan fingerprint density at radius 1 is 1.13 bits per heavy atom. The third-order valence-electron chi connectivity index (χ3n) is 4.73. The Kier molecular flexibility index (Phi) is 6.59. The molecule has 0 saturated carbocycles. The van der Waals surface area contributed by atoms with E-state index < -0.39 is 12.1 Å². The zero-order chi connectivity index (χ0) is 22.6. The van der Waals surface area contributed by atoms with Crippen molar-refractivity contribution in [3.05, 3.63) is 48.3 Å².